The Bertz CT molecular complexity index is 761. The molecule has 3 aliphatic heterocycles. The lowest BCUT2D eigenvalue weighted by Crippen LogP contribution is -2.67. The van der Waals surface area contributed by atoms with Gasteiger partial charge in [0.05, 0.1) is 18.1 Å². The second-order valence-electron chi connectivity index (χ2n) is 11.8. The average molecular weight is 568 g/mol. The maximum Gasteiger partial charge on any atom is 0.405 e. The number of halogens is 4. The lowest BCUT2D eigenvalue weighted by Gasteiger charge is -2.46. The number of rotatable bonds is 7. The summed E-state index contributed by atoms with van der Waals surface area (Å²) in [7, 11) is 0. The summed E-state index contributed by atoms with van der Waals surface area (Å²) in [6.45, 7) is 9.70. The zero-order chi connectivity index (χ0) is 28.1. The van der Waals surface area contributed by atoms with Crippen LogP contribution < -0.4 is 27.4 Å². The van der Waals surface area contributed by atoms with Crippen molar-refractivity contribution in [2.75, 3.05) is 45.8 Å². The van der Waals surface area contributed by atoms with Crippen LogP contribution in [0.2, 0.25) is 0 Å². The van der Waals surface area contributed by atoms with Gasteiger partial charge in [0.25, 0.3) is 0 Å². The Kier molecular flexibility index (Phi) is 11.5. The van der Waals surface area contributed by atoms with Crippen molar-refractivity contribution in [3.05, 3.63) is 0 Å². The first-order chi connectivity index (χ1) is 17.9. The van der Waals surface area contributed by atoms with Gasteiger partial charge in [0.15, 0.2) is 0 Å². The summed E-state index contributed by atoms with van der Waals surface area (Å²) >= 11 is 6.71. The van der Waals surface area contributed by atoms with Gasteiger partial charge in [-0.25, -0.2) is 0 Å². The first kappa shape index (κ1) is 31.8. The van der Waals surface area contributed by atoms with Gasteiger partial charge in [0.2, 0.25) is 5.91 Å². The Balaban J connectivity index is 1.82. The molecule has 3 fully saturated rings. The molecule has 0 bridgehead atoms. The minimum Gasteiger partial charge on any atom is -0.350 e. The molecule has 7 N–H and O–H groups in total. The van der Waals surface area contributed by atoms with Gasteiger partial charge in [-0.1, -0.05) is 33.6 Å². The highest BCUT2D eigenvalue weighted by Gasteiger charge is 2.46. The van der Waals surface area contributed by atoms with Crippen LogP contribution in [0, 0.1) is 11.3 Å². The van der Waals surface area contributed by atoms with E-state index in [1.807, 2.05) is 4.90 Å². The smallest absolute Gasteiger partial charge is 0.350 e. The number of nitrogens with two attached hydrogens (primary N) is 2. The molecule has 222 valence electrons. The Morgan fingerprint density at radius 2 is 1.95 bits per heavy atom. The van der Waals surface area contributed by atoms with E-state index in [-0.39, 0.29) is 47.9 Å². The third kappa shape index (κ3) is 8.17. The fraction of sp³-hybridized carbons (Fsp3) is 0.962. The van der Waals surface area contributed by atoms with E-state index in [4.69, 9.17) is 23.1 Å². The van der Waals surface area contributed by atoms with Gasteiger partial charge in [-0.2, -0.15) is 13.2 Å². The van der Waals surface area contributed by atoms with Crippen molar-refractivity contribution < 1.29 is 18.0 Å². The molecule has 0 aromatic heterocycles. The van der Waals surface area contributed by atoms with Gasteiger partial charge in [0.1, 0.15) is 6.04 Å². The lowest BCUT2D eigenvalue weighted by molar-refractivity contribution is -0.167. The Morgan fingerprint density at radius 3 is 2.58 bits per heavy atom. The van der Waals surface area contributed by atoms with Gasteiger partial charge >= 0.3 is 6.18 Å². The van der Waals surface area contributed by atoms with Crippen molar-refractivity contribution in [2.24, 2.45) is 22.8 Å². The number of carbonyl (C=O) groups excluding carboxylic acids is 1. The van der Waals surface area contributed by atoms with E-state index in [2.05, 4.69) is 41.6 Å². The largest absolute Gasteiger partial charge is 0.405 e. The van der Waals surface area contributed by atoms with Crippen molar-refractivity contribution in [3.63, 3.8) is 0 Å². The third-order valence-electron chi connectivity index (χ3n) is 9.14. The van der Waals surface area contributed by atoms with Crippen LogP contribution in [0.1, 0.15) is 59.3 Å². The third-order valence-corrected chi connectivity index (χ3v) is 9.49. The van der Waals surface area contributed by atoms with Gasteiger partial charge in [-0.15, -0.1) is 11.6 Å². The molecule has 0 aliphatic carbocycles. The summed E-state index contributed by atoms with van der Waals surface area (Å²) in [4.78, 5) is 18.1. The molecule has 3 heterocycles. The summed E-state index contributed by atoms with van der Waals surface area (Å²) in [5.74, 6) is -0.898. The van der Waals surface area contributed by atoms with Crippen LogP contribution in [-0.2, 0) is 4.79 Å². The zero-order valence-electron chi connectivity index (χ0n) is 23.2. The highest BCUT2D eigenvalue weighted by molar-refractivity contribution is 6.20. The van der Waals surface area contributed by atoms with Crippen molar-refractivity contribution >= 4 is 17.5 Å². The molecule has 3 aliphatic rings. The standard InChI is InChI=1S/C26H49ClF3N7O/c1-4-25(3)9-6-7-17(27)15-36(5-2)20(13-25)22(23(31)32)24(38)35-18-14-33-10-8-19(18)37-12-11-34-21(16-37)26(28,29)30/h17-23,33-34H,4-16,31-32H2,1-3H3,(H,35,38). The van der Waals surface area contributed by atoms with Gasteiger partial charge in [0, 0.05) is 50.2 Å². The topological polar surface area (TPSA) is 112 Å². The molecule has 0 aromatic carbocycles. The number of amides is 1. The Labute approximate surface area is 231 Å². The van der Waals surface area contributed by atoms with Crippen LogP contribution >= 0.6 is 11.6 Å². The summed E-state index contributed by atoms with van der Waals surface area (Å²) in [5, 5.41) is 9.06. The van der Waals surface area contributed by atoms with E-state index in [1.54, 1.807) is 0 Å². The first-order valence-corrected chi connectivity index (χ1v) is 14.8. The average Bonchev–Trinajstić information content (AvgIpc) is 2.92. The van der Waals surface area contributed by atoms with E-state index >= 15 is 0 Å². The van der Waals surface area contributed by atoms with Crippen molar-refractivity contribution in [1.82, 2.24) is 25.8 Å². The number of alkyl halides is 4. The number of piperazine rings is 1. The van der Waals surface area contributed by atoms with Crippen LogP contribution in [0.3, 0.4) is 0 Å². The number of piperidine rings is 1. The number of hydrogen-bond acceptors (Lipinski definition) is 7. The molecule has 7 atom stereocenters. The van der Waals surface area contributed by atoms with Gasteiger partial charge in [-0.05, 0) is 44.2 Å². The van der Waals surface area contributed by atoms with E-state index in [9.17, 15) is 18.0 Å². The van der Waals surface area contributed by atoms with Gasteiger partial charge < -0.3 is 27.4 Å². The predicted octanol–water partition coefficient (Wildman–Crippen LogP) is 1.82. The number of nitrogens with zero attached hydrogens (tertiary/aromatic N) is 2. The molecule has 0 saturated carbocycles. The van der Waals surface area contributed by atoms with Crippen LogP contribution in [0.4, 0.5) is 13.2 Å². The van der Waals surface area contributed by atoms with E-state index in [1.165, 1.54) is 0 Å². The molecule has 8 nitrogen and oxygen atoms in total. The fourth-order valence-corrected chi connectivity index (χ4v) is 6.95. The van der Waals surface area contributed by atoms with Crippen LogP contribution in [0.25, 0.3) is 0 Å². The van der Waals surface area contributed by atoms with E-state index in [0.717, 1.165) is 38.6 Å². The quantitative estimate of drug-likeness (QED) is 0.236. The maximum absolute atomic E-state index is 14.0. The summed E-state index contributed by atoms with van der Waals surface area (Å²) in [6, 6.07) is -2.29. The SMILES string of the molecule is CCN1CC(Cl)CCCC(C)(CC)CC1C(C(=O)NC1CNCCC1N1CCNC(C(F)(F)F)C1)C(N)N. The maximum atomic E-state index is 14.0. The summed E-state index contributed by atoms with van der Waals surface area (Å²) in [6.07, 6.45) is 0.191. The number of carbonyl (C=O) groups is 1. The molecule has 0 aromatic rings. The second-order valence-corrected chi connectivity index (χ2v) is 12.5. The molecule has 38 heavy (non-hydrogen) atoms. The van der Waals surface area contributed by atoms with Crippen LogP contribution in [-0.4, -0.2) is 103 Å². The highest BCUT2D eigenvalue weighted by Crippen LogP contribution is 2.39. The summed E-state index contributed by atoms with van der Waals surface area (Å²) < 4.78 is 40.4. The normalized spacial score (nSPS) is 35.8. The second kappa shape index (κ2) is 13.8. The fourth-order valence-electron chi connectivity index (χ4n) is 6.61. The zero-order valence-corrected chi connectivity index (χ0v) is 24.0. The van der Waals surface area contributed by atoms with Gasteiger partial charge in [-0.3, -0.25) is 14.6 Å². The van der Waals surface area contributed by atoms with Crippen molar-refractivity contribution in [2.45, 2.75) is 101 Å². The van der Waals surface area contributed by atoms with Crippen molar-refractivity contribution in [1.29, 1.82) is 0 Å². The highest BCUT2D eigenvalue weighted by atomic mass is 35.5. The lowest BCUT2D eigenvalue weighted by atomic mass is 9.73. The molecular weight excluding hydrogens is 519 g/mol. The molecule has 0 spiro atoms. The molecule has 3 rings (SSSR count). The molecule has 3 saturated heterocycles. The monoisotopic (exact) mass is 567 g/mol. The molecular formula is C26H49ClF3N7O. The molecule has 7 unspecified atom stereocenters. The predicted molar refractivity (Wildman–Crippen MR) is 146 cm³/mol. The van der Waals surface area contributed by atoms with Crippen LogP contribution in [0.15, 0.2) is 0 Å². The number of hydrogen-bond donors (Lipinski definition) is 5. The van der Waals surface area contributed by atoms with E-state index < -0.39 is 24.3 Å². The molecule has 1 amide bonds. The van der Waals surface area contributed by atoms with E-state index in [0.29, 0.717) is 32.6 Å². The minimum absolute atomic E-state index is 0.0180. The molecule has 12 heteroatoms. The minimum atomic E-state index is -4.31. The summed E-state index contributed by atoms with van der Waals surface area (Å²) in [5.41, 5.74) is 12.7. The Hall–Kier alpha value is -0.690. The first-order valence-electron chi connectivity index (χ1n) is 14.3. The Morgan fingerprint density at radius 1 is 1.21 bits per heavy atom. The number of nitrogens with one attached hydrogen (secondary N) is 3. The molecule has 0 radical (unpaired) electrons. The van der Waals surface area contributed by atoms with Crippen LogP contribution in [0.5, 0.6) is 0 Å². The van der Waals surface area contributed by atoms with Crippen molar-refractivity contribution in [3.8, 4) is 0 Å².